The molecule has 0 radical (unpaired) electrons. The Balaban J connectivity index is 1.72. The van der Waals surface area contributed by atoms with Gasteiger partial charge in [-0.2, -0.15) is 0 Å². The van der Waals surface area contributed by atoms with E-state index < -0.39 is 0 Å². The normalized spacial score (nSPS) is 17.5. The molecule has 35 heavy (non-hydrogen) atoms. The molecule has 7 heteroatoms. The molecule has 178 valence electrons. The molecule has 1 fully saturated rings. The second-order valence-electron chi connectivity index (χ2n) is 8.76. The molecule has 1 aliphatic rings. The van der Waals surface area contributed by atoms with Crippen LogP contribution in [-0.2, 0) is 0 Å². The molecule has 3 heterocycles. The largest absolute Gasteiger partial charge is 0.495 e. The Morgan fingerprint density at radius 1 is 0.971 bits per heavy atom. The summed E-state index contributed by atoms with van der Waals surface area (Å²) in [5, 5.41) is 4.89. The fourth-order valence-corrected chi connectivity index (χ4v) is 5.55. The molecule has 1 N–H and O–H groups in total. The quantitative estimate of drug-likeness (QED) is 0.310. The van der Waals surface area contributed by atoms with Crippen molar-refractivity contribution in [1.29, 1.82) is 0 Å². The molecule has 0 bridgehead atoms. The van der Waals surface area contributed by atoms with Crippen molar-refractivity contribution in [3.8, 4) is 11.4 Å². The molecule has 2 aromatic carbocycles. The first-order valence-corrected chi connectivity index (χ1v) is 12.3. The van der Waals surface area contributed by atoms with Crippen LogP contribution in [0.4, 0.5) is 5.69 Å². The van der Waals surface area contributed by atoms with E-state index in [9.17, 15) is 0 Å². The van der Waals surface area contributed by atoms with Crippen molar-refractivity contribution in [3.63, 3.8) is 0 Å². The minimum absolute atomic E-state index is 0.131. The number of aryl methyl sites for hydroxylation is 2. The van der Waals surface area contributed by atoms with Crippen LogP contribution in [0.1, 0.15) is 40.3 Å². The summed E-state index contributed by atoms with van der Waals surface area (Å²) >= 11 is 12.3. The van der Waals surface area contributed by atoms with E-state index in [1.165, 1.54) is 0 Å². The standard InChI is InChI=1S/C28H27ClN4OS/c1-17-12-13-20(29)16-24(17)32-18(2)15-21(19(32)3)27-26(22-9-7-8-14-30-22)31-28(35)33(27)23-10-5-6-11-25(23)34-4/h5-16,26-27H,1-4H3,(H,31,35)/t26-,27+/m0/s1. The first-order valence-electron chi connectivity index (χ1n) is 11.5. The van der Waals surface area contributed by atoms with Gasteiger partial charge in [0.05, 0.1) is 30.6 Å². The molecule has 0 saturated carbocycles. The van der Waals surface area contributed by atoms with Crippen molar-refractivity contribution < 1.29 is 4.74 Å². The summed E-state index contributed by atoms with van der Waals surface area (Å²) in [5.74, 6) is 0.766. The van der Waals surface area contributed by atoms with Crippen molar-refractivity contribution >= 4 is 34.6 Å². The Labute approximate surface area is 216 Å². The van der Waals surface area contributed by atoms with Crippen LogP contribution < -0.4 is 15.0 Å². The third-order valence-electron chi connectivity index (χ3n) is 6.64. The lowest BCUT2D eigenvalue weighted by molar-refractivity contribution is 0.414. The number of benzene rings is 2. The fourth-order valence-electron chi connectivity index (χ4n) is 5.04. The first-order chi connectivity index (χ1) is 16.9. The lowest BCUT2D eigenvalue weighted by Gasteiger charge is -2.29. The zero-order chi connectivity index (χ0) is 24.7. The number of para-hydroxylation sites is 2. The maximum atomic E-state index is 6.39. The van der Waals surface area contributed by atoms with Gasteiger partial charge in [-0.05, 0) is 86.6 Å². The Morgan fingerprint density at radius 2 is 1.74 bits per heavy atom. The minimum atomic E-state index is -0.136. The highest BCUT2D eigenvalue weighted by molar-refractivity contribution is 7.80. The van der Waals surface area contributed by atoms with Crippen molar-refractivity contribution in [1.82, 2.24) is 14.9 Å². The maximum Gasteiger partial charge on any atom is 0.174 e. The Hall–Kier alpha value is -3.35. The van der Waals surface area contributed by atoms with Crippen LogP contribution in [0.25, 0.3) is 5.69 Å². The number of hydrogen-bond acceptors (Lipinski definition) is 3. The monoisotopic (exact) mass is 502 g/mol. The maximum absolute atomic E-state index is 6.39. The van der Waals surface area contributed by atoms with Crippen LogP contribution in [0.2, 0.25) is 5.02 Å². The van der Waals surface area contributed by atoms with Crippen LogP contribution in [0.3, 0.4) is 0 Å². The molecule has 4 aromatic rings. The molecular formula is C28H27ClN4OS. The fraction of sp³-hybridized carbons (Fsp3) is 0.214. The average molecular weight is 503 g/mol. The number of nitrogens with one attached hydrogen (secondary N) is 1. The van der Waals surface area contributed by atoms with Gasteiger partial charge in [-0.1, -0.05) is 35.9 Å². The minimum Gasteiger partial charge on any atom is -0.495 e. The van der Waals surface area contributed by atoms with E-state index >= 15 is 0 Å². The summed E-state index contributed by atoms with van der Waals surface area (Å²) in [6.07, 6.45) is 1.82. The number of thiocarbonyl (C=S) groups is 1. The van der Waals surface area contributed by atoms with Crippen molar-refractivity contribution in [2.45, 2.75) is 32.9 Å². The second kappa shape index (κ2) is 9.36. The van der Waals surface area contributed by atoms with Gasteiger partial charge < -0.3 is 19.5 Å². The van der Waals surface area contributed by atoms with Crippen LogP contribution in [0.15, 0.2) is 72.9 Å². The third kappa shape index (κ3) is 4.07. The van der Waals surface area contributed by atoms with E-state index in [1.807, 2.05) is 60.8 Å². The third-order valence-corrected chi connectivity index (χ3v) is 7.19. The van der Waals surface area contributed by atoms with Crippen molar-refractivity contribution in [2.24, 2.45) is 0 Å². The van der Waals surface area contributed by atoms with Crippen LogP contribution in [-0.4, -0.2) is 21.8 Å². The first kappa shape index (κ1) is 23.4. The van der Waals surface area contributed by atoms with Gasteiger partial charge in [0.25, 0.3) is 0 Å². The number of hydrogen-bond donors (Lipinski definition) is 1. The van der Waals surface area contributed by atoms with Crippen molar-refractivity contribution in [2.75, 3.05) is 12.0 Å². The van der Waals surface area contributed by atoms with Gasteiger partial charge in [-0.25, -0.2) is 0 Å². The van der Waals surface area contributed by atoms with E-state index in [0.717, 1.165) is 45.3 Å². The van der Waals surface area contributed by atoms with Gasteiger partial charge in [-0.15, -0.1) is 0 Å². The SMILES string of the molecule is COc1ccccc1N1C(=S)N[C@@H](c2ccccn2)[C@H]1c1cc(C)n(-c2cc(Cl)ccc2C)c1C. The van der Waals surface area contributed by atoms with Gasteiger partial charge in [0, 0.05) is 28.3 Å². The van der Waals surface area contributed by atoms with Crippen molar-refractivity contribution in [3.05, 3.63) is 106 Å². The lowest BCUT2D eigenvalue weighted by Crippen LogP contribution is -2.30. The molecule has 0 unspecified atom stereocenters. The number of pyridine rings is 1. The molecule has 5 rings (SSSR count). The Bertz CT molecular complexity index is 1400. The highest BCUT2D eigenvalue weighted by atomic mass is 35.5. The Morgan fingerprint density at radius 3 is 2.49 bits per heavy atom. The topological polar surface area (TPSA) is 42.3 Å². The number of anilines is 1. The molecule has 0 spiro atoms. The predicted octanol–water partition coefficient (Wildman–Crippen LogP) is 6.64. The van der Waals surface area contributed by atoms with Gasteiger partial charge in [-0.3, -0.25) is 4.98 Å². The van der Waals surface area contributed by atoms with Crippen LogP contribution >= 0.6 is 23.8 Å². The van der Waals surface area contributed by atoms with Gasteiger partial charge in [0.2, 0.25) is 0 Å². The molecule has 2 aromatic heterocycles. The molecule has 0 amide bonds. The summed E-state index contributed by atoms with van der Waals surface area (Å²) in [7, 11) is 1.68. The average Bonchev–Trinajstić information content (AvgIpc) is 3.36. The molecule has 2 atom stereocenters. The summed E-state index contributed by atoms with van der Waals surface area (Å²) < 4.78 is 8.00. The van der Waals surface area contributed by atoms with Crippen LogP contribution in [0, 0.1) is 20.8 Å². The molecule has 0 aliphatic carbocycles. The summed E-state index contributed by atoms with van der Waals surface area (Å²) in [6, 6.07) is 21.9. The smallest absolute Gasteiger partial charge is 0.174 e. The number of nitrogens with zero attached hydrogens (tertiary/aromatic N) is 3. The van der Waals surface area contributed by atoms with E-state index in [1.54, 1.807) is 7.11 Å². The van der Waals surface area contributed by atoms with E-state index in [2.05, 4.69) is 52.7 Å². The highest BCUT2D eigenvalue weighted by Gasteiger charge is 2.43. The van der Waals surface area contributed by atoms with Gasteiger partial charge in [0.15, 0.2) is 5.11 Å². The second-order valence-corrected chi connectivity index (χ2v) is 9.58. The Kier molecular flexibility index (Phi) is 6.26. The molecular weight excluding hydrogens is 476 g/mol. The number of halogens is 1. The predicted molar refractivity (Wildman–Crippen MR) is 146 cm³/mol. The van der Waals surface area contributed by atoms with E-state index in [4.69, 9.17) is 28.6 Å². The van der Waals surface area contributed by atoms with E-state index in [-0.39, 0.29) is 12.1 Å². The highest BCUT2D eigenvalue weighted by Crippen LogP contribution is 2.46. The number of rotatable bonds is 5. The summed E-state index contributed by atoms with van der Waals surface area (Å²) in [4.78, 5) is 6.84. The molecule has 1 saturated heterocycles. The van der Waals surface area contributed by atoms with Crippen LogP contribution in [0.5, 0.6) is 5.75 Å². The zero-order valence-electron chi connectivity index (χ0n) is 20.1. The van der Waals surface area contributed by atoms with Gasteiger partial charge >= 0.3 is 0 Å². The lowest BCUT2D eigenvalue weighted by atomic mass is 9.96. The zero-order valence-corrected chi connectivity index (χ0v) is 21.7. The molecule has 1 aliphatic heterocycles. The summed E-state index contributed by atoms with van der Waals surface area (Å²) in [6.45, 7) is 6.38. The number of aromatic nitrogens is 2. The summed E-state index contributed by atoms with van der Waals surface area (Å²) in [5.41, 5.74) is 7.50. The van der Waals surface area contributed by atoms with E-state index in [0.29, 0.717) is 10.1 Å². The van der Waals surface area contributed by atoms with Gasteiger partial charge in [0.1, 0.15) is 5.75 Å². The molecule has 5 nitrogen and oxygen atoms in total. The number of ether oxygens (including phenoxy) is 1. The number of methoxy groups -OCH3 is 1.